The van der Waals surface area contributed by atoms with Crippen LogP contribution >= 0.6 is 0 Å². The van der Waals surface area contributed by atoms with Crippen molar-refractivity contribution in [2.45, 2.75) is 13.3 Å². The lowest BCUT2D eigenvalue weighted by Crippen LogP contribution is -1.93. The van der Waals surface area contributed by atoms with Crippen molar-refractivity contribution in [1.82, 2.24) is 4.98 Å². The van der Waals surface area contributed by atoms with E-state index in [0.717, 1.165) is 13.0 Å². The van der Waals surface area contributed by atoms with Crippen LogP contribution in [0.3, 0.4) is 0 Å². The summed E-state index contributed by atoms with van der Waals surface area (Å²) >= 11 is 0. The summed E-state index contributed by atoms with van der Waals surface area (Å²) in [5.41, 5.74) is 5.03. The van der Waals surface area contributed by atoms with Gasteiger partial charge in [0.15, 0.2) is 0 Å². The van der Waals surface area contributed by atoms with E-state index < -0.39 is 0 Å². The molecule has 2 nitrogen and oxygen atoms in total. The molecule has 11 heavy (non-hydrogen) atoms. The number of hydrogen-bond acceptors (Lipinski definition) is 2. The quantitative estimate of drug-likeness (QED) is 0.606. The Balaban J connectivity index is 0. The van der Waals surface area contributed by atoms with Gasteiger partial charge in [0.05, 0.1) is 0 Å². The molecule has 0 amide bonds. The van der Waals surface area contributed by atoms with Crippen LogP contribution < -0.4 is 5.73 Å². The van der Waals surface area contributed by atoms with E-state index in [4.69, 9.17) is 5.73 Å². The van der Waals surface area contributed by atoms with Crippen molar-refractivity contribution in [2.24, 2.45) is 5.73 Å². The van der Waals surface area contributed by atoms with Gasteiger partial charge >= 0.3 is 0 Å². The highest BCUT2D eigenvalue weighted by atomic mass is 14.6. The lowest BCUT2D eigenvalue weighted by Gasteiger charge is -1.70. The second-order valence-electron chi connectivity index (χ2n) is 1.81. The molecule has 3 radical (unpaired) electrons. The molecule has 0 fully saturated rings. The average Bonchev–Trinajstić information content (AvgIpc) is 2.08. The fourth-order valence-electron chi connectivity index (χ4n) is 0.313. The molecule has 3 heteroatoms. The summed E-state index contributed by atoms with van der Waals surface area (Å²) in [5, 5.41) is 0. The molecule has 0 aliphatic carbocycles. The molecule has 1 heterocycles. The Kier molecular flexibility index (Phi) is 13.9. The van der Waals surface area contributed by atoms with Crippen LogP contribution in [0.1, 0.15) is 13.3 Å². The van der Waals surface area contributed by atoms with Crippen molar-refractivity contribution < 1.29 is 0 Å². The molecular weight excluding hydrogens is 135 g/mol. The van der Waals surface area contributed by atoms with Gasteiger partial charge in [-0.1, -0.05) is 13.0 Å². The van der Waals surface area contributed by atoms with Gasteiger partial charge in [0.2, 0.25) is 0 Å². The fraction of sp³-hybridized carbons (Fsp3) is 0.375. The highest BCUT2D eigenvalue weighted by Crippen LogP contribution is 1.73. The third-order valence-corrected chi connectivity index (χ3v) is 0.855. The van der Waals surface area contributed by atoms with Crippen molar-refractivity contribution in [3.63, 3.8) is 0 Å². The normalized spacial score (nSPS) is 7.09. The summed E-state index contributed by atoms with van der Waals surface area (Å²) < 4.78 is 0. The molecule has 0 spiro atoms. The van der Waals surface area contributed by atoms with E-state index in [-0.39, 0.29) is 8.41 Å². The lowest BCUT2D eigenvalue weighted by atomic mass is 10.5. The minimum atomic E-state index is 0. The molecule has 0 aliphatic heterocycles. The maximum Gasteiger partial charge on any atom is 0.0267 e. The molecule has 1 aromatic rings. The molecule has 59 valence electrons. The van der Waals surface area contributed by atoms with Crippen LogP contribution in [0.25, 0.3) is 0 Å². The fourth-order valence-corrected chi connectivity index (χ4v) is 0.313. The highest BCUT2D eigenvalue weighted by molar-refractivity contribution is 5.75. The highest BCUT2D eigenvalue weighted by Gasteiger charge is 1.58. The van der Waals surface area contributed by atoms with Crippen LogP contribution in [0.2, 0.25) is 0 Å². The van der Waals surface area contributed by atoms with Gasteiger partial charge in [0, 0.05) is 20.8 Å². The minimum absolute atomic E-state index is 0. The first-order chi connectivity index (χ1) is 4.91. The van der Waals surface area contributed by atoms with Crippen LogP contribution in [0.4, 0.5) is 0 Å². The number of rotatable bonds is 1. The maximum absolute atomic E-state index is 5.03. The summed E-state index contributed by atoms with van der Waals surface area (Å²) in [6.45, 7) is 2.88. The Labute approximate surface area is 70.4 Å². The van der Waals surface area contributed by atoms with E-state index in [1.807, 2.05) is 18.2 Å². The largest absolute Gasteiger partial charge is 0.330 e. The van der Waals surface area contributed by atoms with Gasteiger partial charge in [0.1, 0.15) is 0 Å². The monoisotopic (exact) mass is 149 g/mol. The Bertz CT molecular complexity index is 104. The van der Waals surface area contributed by atoms with E-state index in [0.29, 0.717) is 0 Å². The Morgan fingerprint density at radius 3 is 1.73 bits per heavy atom. The molecule has 1 aromatic heterocycles. The van der Waals surface area contributed by atoms with Gasteiger partial charge < -0.3 is 5.73 Å². The zero-order valence-electron chi connectivity index (χ0n) is 6.90. The standard InChI is InChI=1S/C5H5N.C3H9N.B/c1-2-4-6-5-3-1;1-2-3-4;/h1-5H;2-4H2,1H3;. The number of hydrogen-bond donors (Lipinski definition) is 1. The molecule has 2 N–H and O–H groups in total. The molecule has 0 saturated heterocycles. The average molecular weight is 149 g/mol. The van der Waals surface area contributed by atoms with Gasteiger partial charge in [-0.05, 0) is 25.1 Å². The van der Waals surface area contributed by atoms with E-state index in [9.17, 15) is 0 Å². The second-order valence-corrected chi connectivity index (χ2v) is 1.81. The SMILES string of the molecule is CCCN.[B].c1ccncc1. The van der Waals surface area contributed by atoms with Gasteiger partial charge in [-0.3, -0.25) is 4.98 Å². The summed E-state index contributed by atoms with van der Waals surface area (Å²) in [6, 6.07) is 5.72. The van der Waals surface area contributed by atoms with Gasteiger partial charge in [-0.15, -0.1) is 0 Å². The van der Waals surface area contributed by atoms with Crippen molar-refractivity contribution in [3.05, 3.63) is 30.6 Å². The summed E-state index contributed by atoms with van der Waals surface area (Å²) in [5.74, 6) is 0. The first-order valence-electron chi connectivity index (χ1n) is 3.47. The number of nitrogens with two attached hydrogens (primary N) is 1. The second kappa shape index (κ2) is 11.9. The molecule has 0 atom stereocenters. The van der Waals surface area contributed by atoms with E-state index in [1.54, 1.807) is 12.4 Å². The van der Waals surface area contributed by atoms with Crippen molar-refractivity contribution in [2.75, 3.05) is 6.54 Å². The summed E-state index contributed by atoms with van der Waals surface area (Å²) in [7, 11) is 0. The van der Waals surface area contributed by atoms with Crippen LogP contribution in [-0.2, 0) is 0 Å². The smallest absolute Gasteiger partial charge is 0.0267 e. The van der Waals surface area contributed by atoms with Crippen molar-refractivity contribution in [1.29, 1.82) is 0 Å². The number of pyridine rings is 1. The zero-order chi connectivity index (χ0) is 7.66. The zero-order valence-corrected chi connectivity index (χ0v) is 6.90. The van der Waals surface area contributed by atoms with Crippen LogP contribution in [0.5, 0.6) is 0 Å². The predicted octanol–water partition coefficient (Wildman–Crippen LogP) is 1.06. The Morgan fingerprint density at radius 2 is 1.64 bits per heavy atom. The van der Waals surface area contributed by atoms with Crippen molar-refractivity contribution in [3.8, 4) is 0 Å². The Hall–Kier alpha value is -0.825. The molecule has 0 aromatic carbocycles. The predicted molar refractivity (Wildman–Crippen MR) is 49.3 cm³/mol. The van der Waals surface area contributed by atoms with Gasteiger partial charge in [0.25, 0.3) is 0 Å². The van der Waals surface area contributed by atoms with Gasteiger partial charge in [-0.2, -0.15) is 0 Å². The molecular formula is C8H14BN2. The first kappa shape index (κ1) is 12.8. The van der Waals surface area contributed by atoms with Crippen LogP contribution in [0, 0.1) is 0 Å². The molecule has 0 saturated carbocycles. The third-order valence-electron chi connectivity index (χ3n) is 0.855. The van der Waals surface area contributed by atoms with Crippen LogP contribution in [-0.4, -0.2) is 19.9 Å². The summed E-state index contributed by atoms with van der Waals surface area (Å²) in [6.07, 6.45) is 4.60. The number of nitrogens with zero attached hydrogens (tertiary/aromatic N) is 1. The van der Waals surface area contributed by atoms with E-state index >= 15 is 0 Å². The number of aromatic nitrogens is 1. The third kappa shape index (κ3) is 12.4. The molecule has 0 unspecified atom stereocenters. The van der Waals surface area contributed by atoms with Gasteiger partial charge in [-0.25, -0.2) is 0 Å². The first-order valence-corrected chi connectivity index (χ1v) is 3.47. The maximum atomic E-state index is 5.03. The topological polar surface area (TPSA) is 38.9 Å². The Morgan fingerprint density at radius 1 is 1.18 bits per heavy atom. The minimum Gasteiger partial charge on any atom is -0.330 e. The molecule has 0 aliphatic rings. The molecule has 0 bridgehead atoms. The molecule has 1 rings (SSSR count). The lowest BCUT2D eigenvalue weighted by molar-refractivity contribution is 0.932. The van der Waals surface area contributed by atoms with E-state index in [1.165, 1.54) is 0 Å². The van der Waals surface area contributed by atoms with Crippen molar-refractivity contribution >= 4 is 8.41 Å². The van der Waals surface area contributed by atoms with Crippen LogP contribution in [0.15, 0.2) is 30.6 Å². The van der Waals surface area contributed by atoms with E-state index in [2.05, 4.69) is 11.9 Å². The summed E-state index contributed by atoms with van der Waals surface area (Å²) in [4.78, 5) is 3.78.